The molecular formula is C73H97Cl3N22O8. The number of nitrogens with zero attached hydrogens (tertiary/aromatic N) is 17. The van der Waals surface area contributed by atoms with Crippen LogP contribution in [0.1, 0.15) is 151 Å². The Kier molecular flexibility index (Phi) is 31.8. The number of nitrogens with two attached hydrogens (primary N) is 1. The summed E-state index contributed by atoms with van der Waals surface area (Å²) < 4.78 is 15.7. The number of para-hydroxylation sites is 3. The van der Waals surface area contributed by atoms with Crippen molar-refractivity contribution in [2.45, 2.75) is 113 Å². The first-order valence-electron chi connectivity index (χ1n) is 30.5. The van der Waals surface area contributed by atoms with Crippen LogP contribution >= 0.6 is 34.8 Å². The maximum Gasteiger partial charge on any atom is 0.343 e. The lowest BCUT2D eigenvalue weighted by Gasteiger charge is -2.29. The molecule has 1 fully saturated rings. The van der Waals surface area contributed by atoms with E-state index in [0.29, 0.717) is 18.9 Å². The standard InChI is InChI=1S/C23H25N7O3.C19H19ClN6O2.C17H17N7O2.C6H4Cl2N2O.8CH4/c1-4-33-22(32)16-10-24-23(27-21(31)13-8-9-13)26-20(16)25-17-7-5-6-15-18-14(12-30(3)28-18)11-29(2)19(15)17;1-4-28-18(27)13-8-21-19(20)23-17(13)22-14-7-5-6-12-15-11(10-26(3)24-15)9-25(2)16(12)14;1-23-7-9-8-24(2)22-13(9)10-4-3-5-12(14(10)23)20-15-11(16(25)26)6-19-17(18)21-15;1-3(11)4-2-9-6(8)10-5(4)7;;;;;;;;/h5-7,10,12-13H,4,8-9,11H2,1-3H3,(H2,24,25,26,27,31);5-8,10H,4,9H2,1-3H3,(H,21,22,23);3-6,8H,7H2,1-2H3,(H,25,26)(H3,18,19,20,21);2H,1H3;8*1H4. The van der Waals surface area contributed by atoms with Gasteiger partial charge in [-0.1, -0.05) is 107 Å². The number of ketones is 1. The number of hydrogen-bond acceptors (Lipinski definition) is 25. The Morgan fingerprint density at radius 1 is 0.509 bits per heavy atom. The lowest BCUT2D eigenvalue weighted by Crippen LogP contribution is -2.22. The molecule has 106 heavy (non-hydrogen) atoms. The van der Waals surface area contributed by atoms with Gasteiger partial charge in [0.1, 0.15) is 27.7 Å². The number of nitrogen functional groups attached to an aromatic ring is 1. The van der Waals surface area contributed by atoms with Crippen molar-refractivity contribution in [2.24, 2.45) is 27.1 Å². The minimum Gasteiger partial charge on any atom is -0.477 e. The number of nitrogens with one attached hydrogen (secondary N) is 4. The SMILES string of the molecule is C.C.C.C.C.C.C.C.CC(=O)c1cnc(Cl)nc1Cl.CCOC(=O)c1cnc(Cl)nc1Nc1cccc2c1N(C)Cc1cn(C)nc1-2.CCOC(=O)c1cnc(NC(=O)C2CC2)nc1Nc1cccc2c1N(C)Cc1cn(C)nc1-2.CN1Cc2cn(C)nc2-c2cccc(Nc3nc(N)ncc3C(=O)O)c21. The summed E-state index contributed by atoms with van der Waals surface area (Å²) in [7, 11) is 11.7. The second kappa shape index (κ2) is 37.9. The Morgan fingerprint density at radius 3 is 1.25 bits per heavy atom. The molecule has 0 bridgehead atoms. The molecule has 10 aromatic rings. The Hall–Kier alpha value is -11.4. The number of aromatic nitrogens is 14. The molecule has 0 radical (unpaired) electrons. The molecule has 33 heteroatoms. The third kappa shape index (κ3) is 19.5. The highest BCUT2D eigenvalue weighted by Gasteiger charge is 2.33. The van der Waals surface area contributed by atoms with Crippen molar-refractivity contribution in [1.82, 2.24) is 69.2 Å². The first kappa shape index (κ1) is 88.8. The zero-order valence-corrected chi connectivity index (χ0v) is 56.7. The summed E-state index contributed by atoms with van der Waals surface area (Å²) in [6.45, 7) is 7.48. The van der Waals surface area contributed by atoms with Crippen LogP contribution in [0.3, 0.4) is 0 Å². The van der Waals surface area contributed by atoms with Crippen LogP contribution in [0.25, 0.3) is 33.8 Å². The fourth-order valence-electron chi connectivity index (χ4n) is 11.3. The van der Waals surface area contributed by atoms with Crippen molar-refractivity contribution < 1.29 is 38.6 Å². The number of benzene rings is 3. The van der Waals surface area contributed by atoms with Gasteiger partial charge in [0, 0.05) is 145 Å². The minimum absolute atomic E-state index is 0. The predicted octanol–water partition coefficient (Wildman–Crippen LogP) is 15.4. The largest absolute Gasteiger partial charge is 0.477 e. The maximum absolute atomic E-state index is 12.6. The number of halogens is 3. The zero-order chi connectivity index (χ0) is 69.8. The molecule has 0 saturated heterocycles. The van der Waals surface area contributed by atoms with Crippen LogP contribution in [0.15, 0.2) is 98.0 Å². The minimum atomic E-state index is -1.13. The number of anilines is 11. The number of amides is 1. The Labute approximate surface area is 634 Å². The first-order valence-corrected chi connectivity index (χ1v) is 31.6. The average Bonchev–Trinajstić information content (AvgIpc) is 1.43. The van der Waals surface area contributed by atoms with Crippen LogP contribution in [0, 0.1) is 5.92 Å². The van der Waals surface area contributed by atoms with E-state index < -0.39 is 17.9 Å². The van der Waals surface area contributed by atoms with E-state index in [4.69, 9.17) is 50.0 Å². The van der Waals surface area contributed by atoms with Gasteiger partial charge in [-0.3, -0.25) is 29.0 Å². The molecule has 0 atom stereocenters. The number of carboxylic acid groups (broad SMARTS) is 1. The van der Waals surface area contributed by atoms with Gasteiger partial charge in [-0.2, -0.15) is 30.2 Å². The Bertz CT molecular complexity index is 4770. The number of carbonyl (C=O) groups excluding carboxylic acids is 4. The van der Waals surface area contributed by atoms with Crippen LogP contribution in [0.4, 0.5) is 63.5 Å². The lowest BCUT2D eigenvalue weighted by atomic mass is 9.99. The molecule has 568 valence electrons. The summed E-state index contributed by atoms with van der Waals surface area (Å²) >= 11 is 16.9. The number of carboxylic acids is 1. The third-order valence-electron chi connectivity index (χ3n) is 15.6. The zero-order valence-electron chi connectivity index (χ0n) is 54.4. The van der Waals surface area contributed by atoms with E-state index in [1.807, 2.05) is 125 Å². The van der Waals surface area contributed by atoms with Gasteiger partial charge in [0.2, 0.25) is 28.4 Å². The van der Waals surface area contributed by atoms with Crippen molar-refractivity contribution in [3.8, 4) is 33.8 Å². The molecule has 14 rings (SSSR count). The number of aryl methyl sites for hydroxylation is 3. The van der Waals surface area contributed by atoms with Crippen LogP contribution in [0.5, 0.6) is 0 Å². The van der Waals surface area contributed by atoms with Gasteiger partial charge in [0.05, 0.1) is 70.0 Å². The highest BCUT2D eigenvalue weighted by Crippen LogP contribution is 2.46. The smallest absolute Gasteiger partial charge is 0.343 e. The number of hydrogen-bond donors (Lipinski definition) is 6. The number of ether oxygens (including phenoxy) is 2. The second-order valence-electron chi connectivity index (χ2n) is 22.8. The monoisotopic (exact) mass is 1510 g/mol. The van der Waals surface area contributed by atoms with Gasteiger partial charge < -0.3 is 51.0 Å². The van der Waals surface area contributed by atoms with E-state index >= 15 is 0 Å². The molecule has 4 aliphatic rings. The summed E-state index contributed by atoms with van der Waals surface area (Å²) in [4.78, 5) is 97.4. The second-order valence-corrected chi connectivity index (χ2v) is 23.9. The topological polar surface area (TPSA) is 364 Å². The maximum atomic E-state index is 12.6. The van der Waals surface area contributed by atoms with Crippen molar-refractivity contribution in [2.75, 3.05) is 76.1 Å². The van der Waals surface area contributed by atoms with Gasteiger partial charge in [-0.05, 0) is 75.0 Å². The molecule has 3 aromatic carbocycles. The normalized spacial score (nSPS) is 11.8. The fraction of sp³-hybridized carbons (Fsp3) is 0.342. The molecule has 3 aliphatic heterocycles. The van der Waals surface area contributed by atoms with Crippen molar-refractivity contribution in [1.29, 1.82) is 0 Å². The summed E-state index contributed by atoms with van der Waals surface area (Å²) in [6, 6.07) is 17.5. The van der Waals surface area contributed by atoms with Gasteiger partial charge in [0.25, 0.3) is 0 Å². The van der Waals surface area contributed by atoms with Gasteiger partial charge in [-0.15, -0.1) is 0 Å². The quantitative estimate of drug-likeness (QED) is 0.0255. The number of aromatic carboxylic acids is 1. The van der Waals surface area contributed by atoms with E-state index in [0.717, 1.165) is 104 Å². The summed E-state index contributed by atoms with van der Waals surface area (Å²) in [5.41, 5.74) is 20.6. The number of carbonyl (C=O) groups is 5. The molecule has 1 saturated carbocycles. The molecule has 0 unspecified atom stereocenters. The highest BCUT2D eigenvalue weighted by molar-refractivity contribution is 6.34. The fourth-order valence-corrected chi connectivity index (χ4v) is 11.8. The van der Waals surface area contributed by atoms with E-state index in [-0.39, 0.29) is 152 Å². The van der Waals surface area contributed by atoms with Gasteiger partial charge in [0.15, 0.2) is 17.4 Å². The molecule has 10 heterocycles. The molecule has 1 aliphatic carbocycles. The van der Waals surface area contributed by atoms with Crippen molar-refractivity contribution in [3.63, 3.8) is 0 Å². The number of rotatable bonds is 14. The molecule has 0 spiro atoms. The van der Waals surface area contributed by atoms with Gasteiger partial charge >= 0.3 is 17.9 Å². The summed E-state index contributed by atoms with van der Waals surface area (Å²) in [6.07, 6.45) is 13.0. The lowest BCUT2D eigenvalue weighted by molar-refractivity contribution is -0.117. The number of Topliss-reactive ketones (excluding diaryl/α,β-unsaturated/α-hetero) is 1. The number of esters is 2. The number of fused-ring (bicyclic) bond motifs is 9. The molecule has 30 nitrogen and oxygen atoms in total. The van der Waals surface area contributed by atoms with E-state index in [2.05, 4.69) is 91.1 Å². The molecule has 7 N–H and O–H groups in total. The predicted molar refractivity (Wildman–Crippen MR) is 424 cm³/mol. The van der Waals surface area contributed by atoms with Crippen molar-refractivity contribution >= 4 is 128 Å². The van der Waals surface area contributed by atoms with E-state index in [1.165, 1.54) is 31.7 Å². The van der Waals surface area contributed by atoms with Crippen LogP contribution in [0.2, 0.25) is 15.7 Å². The van der Waals surface area contributed by atoms with E-state index in [9.17, 15) is 29.1 Å². The molecule has 1 amide bonds. The van der Waals surface area contributed by atoms with Crippen molar-refractivity contribution in [3.05, 3.63) is 153 Å². The first-order chi connectivity index (χ1) is 47.0. The third-order valence-corrected chi connectivity index (χ3v) is 16.2. The summed E-state index contributed by atoms with van der Waals surface area (Å²) in [5, 5.41) is 35.7. The Balaban J connectivity index is 0.000000373. The van der Waals surface area contributed by atoms with Gasteiger partial charge in [-0.25, -0.2) is 39.3 Å². The average molecular weight is 1520 g/mol. The van der Waals surface area contributed by atoms with Crippen LogP contribution in [-0.2, 0) is 55.0 Å². The van der Waals surface area contributed by atoms with Crippen LogP contribution in [-0.4, -0.2) is 138 Å². The highest BCUT2D eigenvalue weighted by atomic mass is 35.5. The van der Waals surface area contributed by atoms with Crippen LogP contribution < -0.4 is 41.7 Å². The van der Waals surface area contributed by atoms with E-state index in [1.54, 1.807) is 18.5 Å². The molecule has 7 aromatic heterocycles. The molecular weight excluding hydrogens is 1420 g/mol. The Morgan fingerprint density at radius 2 is 0.877 bits per heavy atom. The summed E-state index contributed by atoms with van der Waals surface area (Å²) in [5.74, 6) is -1.58.